The average molecular weight is 452 g/mol. The molecule has 4 N–H and O–H groups in total. The molecule has 1 amide bonds. The zero-order valence-corrected chi connectivity index (χ0v) is 17.0. The van der Waals surface area contributed by atoms with Crippen molar-refractivity contribution in [1.82, 2.24) is 14.9 Å². The number of likely N-dealkylation sites (N-methyl/N-ethyl adjacent to an activating group) is 1. The van der Waals surface area contributed by atoms with Crippen LogP contribution in [0.3, 0.4) is 0 Å². The van der Waals surface area contributed by atoms with Gasteiger partial charge in [-0.05, 0) is 44.1 Å². The fourth-order valence-corrected chi connectivity index (χ4v) is 6.04. The molecule has 2 fully saturated rings. The van der Waals surface area contributed by atoms with Crippen LogP contribution in [0.1, 0.15) is 18.4 Å². The van der Waals surface area contributed by atoms with Crippen molar-refractivity contribution in [2.24, 2.45) is 0 Å². The third-order valence-corrected chi connectivity index (χ3v) is 7.53. The maximum Gasteiger partial charge on any atom is 0.326 e. The van der Waals surface area contributed by atoms with E-state index in [0.717, 1.165) is 12.1 Å². The zero-order valence-electron chi connectivity index (χ0n) is 15.4. The number of nitrogens with zero attached hydrogens (tertiary/aromatic N) is 2. The Morgan fingerprint density at radius 1 is 1.38 bits per heavy atom. The van der Waals surface area contributed by atoms with Gasteiger partial charge in [0.05, 0.1) is 0 Å². The number of benzene rings is 1. The number of amides is 1. The lowest BCUT2D eigenvalue weighted by Gasteiger charge is -2.37. The molecule has 2 aliphatic heterocycles. The molecule has 0 aliphatic carbocycles. The maximum absolute atomic E-state index is 14.5. The van der Waals surface area contributed by atoms with Crippen molar-refractivity contribution in [2.75, 3.05) is 24.4 Å². The van der Waals surface area contributed by atoms with E-state index in [4.69, 9.17) is 0 Å². The van der Waals surface area contributed by atoms with E-state index in [1.807, 2.05) is 0 Å². The average Bonchev–Trinajstić information content (AvgIpc) is 2.83. The van der Waals surface area contributed by atoms with Gasteiger partial charge in [-0.3, -0.25) is 14.2 Å². The van der Waals surface area contributed by atoms with Crippen LogP contribution < -0.4 is 14.3 Å². The molecule has 1 aromatic carbocycles. The minimum atomic E-state index is -4.35. The normalized spacial score (nSPS) is 25.2. The van der Waals surface area contributed by atoms with E-state index in [9.17, 15) is 35.7 Å². The molecular weight excluding hydrogens is 431 g/mol. The molecule has 1 unspecified atom stereocenters. The minimum absolute atomic E-state index is 0.0424. The van der Waals surface area contributed by atoms with Crippen molar-refractivity contribution in [1.29, 1.82) is 0 Å². The number of nitrogens with one attached hydrogen (secondary N) is 2. The highest BCUT2D eigenvalue weighted by Crippen LogP contribution is 2.34. The molecule has 11 nitrogen and oxygen atoms in total. The second-order valence-corrected chi connectivity index (χ2v) is 10.1. The lowest BCUT2D eigenvalue weighted by atomic mass is 10.1. The first-order valence-corrected chi connectivity index (χ1v) is 11.6. The summed E-state index contributed by atoms with van der Waals surface area (Å²) in [4.78, 5) is 12.8. The SMILES string of the molecule is CN1CCC[C@@H](NCc2cc(O)c(N3CC(=O)NS3(=O)=O)c(F)c2)C1S(=O)(=O)O. The molecule has 0 aromatic heterocycles. The molecule has 2 saturated heterocycles. The summed E-state index contributed by atoms with van der Waals surface area (Å²) >= 11 is 0. The predicted molar refractivity (Wildman–Crippen MR) is 100 cm³/mol. The van der Waals surface area contributed by atoms with Gasteiger partial charge < -0.3 is 10.4 Å². The fourth-order valence-electron chi connectivity index (χ4n) is 3.66. The summed E-state index contributed by atoms with van der Waals surface area (Å²) in [7, 11) is -7.07. The molecule has 1 aromatic rings. The van der Waals surface area contributed by atoms with Gasteiger partial charge in [0.2, 0.25) is 0 Å². The summed E-state index contributed by atoms with van der Waals surface area (Å²) in [6.07, 6.45) is 1.15. The Labute approximate surface area is 167 Å². The number of aromatic hydroxyl groups is 1. The lowest BCUT2D eigenvalue weighted by molar-refractivity contribution is -0.117. The van der Waals surface area contributed by atoms with Gasteiger partial charge in [-0.15, -0.1) is 0 Å². The van der Waals surface area contributed by atoms with E-state index < -0.39 is 61.4 Å². The van der Waals surface area contributed by atoms with Gasteiger partial charge >= 0.3 is 10.2 Å². The minimum Gasteiger partial charge on any atom is -0.506 e. The standard InChI is InChI=1S/C15H21FN4O7S2/c1-19-4-2-3-11(15(19)28(23,24)25)17-7-9-5-10(16)14(12(21)6-9)20-8-13(22)18-29(20,26)27/h5-6,11,15,17,21H,2-4,7-8H2,1H3,(H,18,22)(H,23,24,25)/t11-,15?/m1/s1. The highest BCUT2D eigenvalue weighted by Gasteiger charge is 2.39. The van der Waals surface area contributed by atoms with E-state index in [0.29, 0.717) is 23.7 Å². The van der Waals surface area contributed by atoms with E-state index in [1.165, 1.54) is 4.90 Å². The van der Waals surface area contributed by atoms with Gasteiger partial charge in [-0.1, -0.05) is 0 Å². The monoisotopic (exact) mass is 452 g/mol. The molecule has 0 radical (unpaired) electrons. The van der Waals surface area contributed by atoms with Crippen LogP contribution >= 0.6 is 0 Å². The molecular formula is C15H21FN4O7S2. The summed E-state index contributed by atoms with van der Waals surface area (Å²) in [5.74, 6) is -2.60. The van der Waals surface area contributed by atoms with Gasteiger partial charge in [0.15, 0.2) is 11.2 Å². The smallest absolute Gasteiger partial charge is 0.326 e. The predicted octanol–water partition coefficient (Wildman–Crippen LogP) is -0.890. The van der Waals surface area contributed by atoms with Crippen molar-refractivity contribution in [3.8, 4) is 5.75 Å². The molecule has 0 saturated carbocycles. The highest BCUT2D eigenvalue weighted by atomic mass is 32.2. The topological polar surface area (TPSA) is 156 Å². The third kappa shape index (κ3) is 4.45. The van der Waals surface area contributed by atoms with Crippen LogP contribution in [-0.2, 0) is 31.7 Å². The number of hydrogen-bond acceptors (Lipinski definition) is 8. The summed E-state index contributed by atoms with van der Waals surface area (Å²) < 4.78 is 73.3. The molecule has 2 atom stereocenters. The van der Waals surface area contributed by atoms with Gasteiger partial charge in [-0.25, -0.2) is 13.4 Å². The van der Waals surface area contributed by atoms with Crippen LogP contribution in [0.2, 0.25) is 0 Å². The highest BCUT2D eigenvalue weighted by molar-refractivity contribution is 7.92. The van der Waals surface area contributed by atoms with E-state index in [2.05, 4.69) is 5.32 Å². The van der Waals surface area contributed by atoms with Gasteiger partial charge in [-0.2, -0.15) is 16.8 Å². The maximum atomic E-state index is 14.5. The van der Waals surface area contributed by atoms with E-state index >= 15 is 0 Å². The molecule has 162 valence electrons. The first-order valence-electron chi connectivity index (χ1n) is 8.65. The van der Waals surface area contributed by atoms with Crippen molar-refractivity contribution in [2.45, 2.75) is 30.8 Å². The van der Waals surface area contributed by atoms with Crippen LogP contribution in [0.4, 0.5) is 10.1 Å². The number of anilines is 1. The first kappa shape index (κ1) is 21.7. The van der Waals surface area contributed by atoms with Crippen LogP contribution in [0.25, 0.3) is 0 Å². The molecule has 2 heterocycles. The number of likely N-dealkylation sites (tertiary alicyclic amines) is 1. The van der Waals surface area contributed by atoms with Gasteiger partial charge in [0.25, 0.3) is 16.0 Å². The zero-order chi connectivity index (χ0) is 21.6. The third-order valence-electron chi connectivity index (χ3n) is 4.85. The van der Waals surface area contributed by atoms with Crippen LogP contribution in [0.15, 0.2) is 12.1 Å². The van der Waals surface area contributed by atoms with Crippen molar-refractivity contribution >= 4 is 31.9 Å². The Morgan fingerprint density at radius 3 is 2.62 bits per heavy atom. The first-order chi connectivity index (χ1) is 13.4. The Morgan fingerprint density at radius 2 is 2.07 bits per heavy atom. The molecule has 3 rings (SSSR count). The Hall–Kier alpha value is -2.00. The molecule has 2 aliphatic rings. The summed E-state index contributed by atoms with van der Waals surface area (Å²) in [5, 5.41) is 11.9. The Kier molecular flexibility index (Phi) is 5.75. The lowest BCUT2D eigenvalue weighted by Crippen LogP contribution is -2.55. The second-order valence-electron chi connectivity index (χ2n) is 7.00. The number of carbonyl (C=O) groups is 1. The molecule has 0 bridgehead atoms. The van der Waals surface area contributed by atoms with Crippen LogP contribution in [0.5, 0.6) is 5.75 Å². The van der Waals surface area contributed by atoms with E-state index in [1.54, 1.807) is 11.8 Å². The largest absolute Gasteiger partial charge is 0.506 e. The number of piperidine rings is 1. The van der Waals surface area contributed by atoms with Crippen molar-refractivity contribution in [3.63, 3.8) is 0 Å². The fraction of sp³-hybridized carbons (Fsp3) is 0.533. The van der Waals surface area contributed by atoms with Crippen molar-refractivity contribution < 1.29 is 35.7 Å². The number of rotatable bonds is 5. The quantitative estimate of drug-likeness (QED) is 0.416. The number of halogens is 1. The Bertz CT molecular complexity index is 1010. The van der Waals surface area contributed by atoms with Crippen LogP contribution in [-0.4, -0.2) is 68.9 Å². The number of hydrogen-bond donors (Lipinski definition) is 4. The molecule has 0 spiro atoms. The molecule has 29 heavy (non-hydrogen) atoms. The summed E-state index contributed by atoms with van der Waals surface area (Å²) in [6.45, 7) is -0.210. The Balaban J connectivity index is 1.80. The van der Waals surface area contributed by atoms with Gasteiger partial charge in [0, 0.05) is 12.6 Å². The molecule has 14 heteroatoms. The number of carbonyl (C=O) groups excluding carboxylic acids is 1. The van der Waals surface area contributed by atoms with Crippen LogP contribution in [0, 0.1) is 5.82 Å². The summed E-state index contributed by atoms with van der Waals surface area (Å²) in [5.41, 5.74) is -0.428. The summed E-state index contributed by atoms with van der Waals surface area (Å²) in [6, 6.07) is 1.48. The second kappa shape index (κ2) is 7.68. The number of phenols is 1. The van der Waals surface area contributed by atoms with Crippen molar-refractivity contribution in [3.05, 3.63) is 23.5 Å². The van der Waals surface area contributed by atoms with Gasteiger partial charge in [0.1, 0.15) is 18.0 Å². The number of phenolic OH excluding ortho intramolecular Hbond substituents is 1. The van der Waals surface area contributed by atoms with E-state index in [-0.39, 0.29) is 12.1 Å².